The second-order valence-corrected chi connectivity index (χ2v) is 7.46. The monoisotopic (exact) mass is 497 g/mol. The first kappa shape index (κ1) is 27.2. The zero-order chi connectivity index (χ0) is 24.1. The fraction of sp³-hybridized carbons (Fsp3) is 0.350. The van der Waals surface area contributed by atoms with Gasteiger partial charge in [0.05, 0.1) is 11.7 Å². The number of nitrogens with two attached hydrogens (primary N) is 1. The van der Waals surface area contributed by atoms with Crippen molar-refractivity contribution < 1.29 is 29.7 Å². The average molecular weight is 498 g/mol. The molecule has 0 aliphatic carbocycles. The second-order valence-electron chi connectivity index (χ2n) is 7.46. The molecule has 0 radical (unpaired) electrons. The molecule has 2 heterocycles. The summed E-state index contributed by atoms with van der Waals surface area (Å²) in [5.74, 6) is -3.52. The molecule has 14 heteroatoms. The minimum atomic E-state index is -1.39. The fourth-order valence-corrected chi connectivity index (χ4v) is 3.37. The summed E-state index contributed by atoms with van der Waals surface area (Å²) in [4.78, 5) is 43.6. The number of nitrogen functional groups attached to an aromatic ring is 1. The van der Waals surface area contributed by atoms with Crippen LogP contribution in [-0.4, -0.2) is 103 Å². The number of fused-ring (bicyclic) bond motifs is 1. The predicted octanol–water partition coefficient (Wildman–Crippen LogP) is -2.19. The summed E-state index contributed by atoms with van der Waals surface area (Å²) >= 11 is 0. The molecule has 1 aromatic heterocycles. The number of anilines is 4. The first-order valence-corrected chi connectivity index (χ1v) is 10.0. The van der Waals surface area contributed by atoms with Crippen molar-refractivity contribution in [1.29, 1.82) is 0 Å². The minimum Gasteiger partial charge on any atom is -0.857 e. The number of nitrogens with zero attached hydrogens (tertiary/aromatic N) is 3. The Morgan fingerprint density at radius 3 is 2.59 bits per heavy atom. The van der Waals surface area contributed by atoms with Crippen molar-refractivity contribution >= 4 is 78.7 Å². The number of carboxylic acid groups (broad SMARTS) is 2. The van der Waals surface area contributed by atoms with E-state index in [2.05, 4.69) is 25.9 Å². The van der Waals surface area contributed by atoms with Crippen molar-refractivity contribution in [3.05, 3.63) is 29.8 Å². The SMILES string of the molecule is CN1c2c([O-])nc(N)nc2NC[C@H]1CNc1ccc(C(=O)N[C@@H](CCC(=O)[O-])C(=O)O)cc1.[Ca+2]. The number of amides is 1. The molecule has 34 heavy (non-hydrogen) atoms. The van der Waals surface area contributed by atoms with E-state index in [1.165, 1.54) is 12.1 Å². The van der Waals surface area contributed by atoms with Crippen LogP contribution in [0.4, 0.5) is 23.1 Å². The van der Waals surface area contributed by atoms with Gasteiger partial charge in [0.1, 0.15) is 6.04 Å². The molecule has 0 spiro atoms. The summed E-state index contributed by atoms with van der Waals surface area (Å²) in [6.45, 7) is 0.970. The molecule has 6 N–H and O–H groups in total. The van der Waals surface area contributed by atoms with Crippen molar-refractivity contribution in [2.24, 2.45) is 0 Å². The smallest absolute Gasteiger partial charge is 0.857 e. The average Bonchev–Trinajstić information content (AvgIpc) is 2.75. The Kier molecular flexibility index (Phi) is 9.53. The number of aromatic nitrogens is 2. The topological polar surface area (TPSA) is 209 Å². The van der Waals surface area contributed by atoms with Crippen molar-refractivity contribution in [3.8, 4) is 5.88 Å². The van der Waals surface area contributed by atoms with Gasteiger partial charge in [-0.25, -0.2) is 9.78 Å². The molecule has 3 rings (SSSR count). The molecule has 2 atom stereocenters. The Morgan fingerprint density at radius 2 is 1.97 bits per heavy atom. The van der Waals surface area contributed by atoms with E-state index >= 15 is 0 Å². The van der Waals surface area contributed by atoms with E-state index in [1.807, 2.05) is 0 Å². The Morgan fingerprint density at radius 1 is 1.29 bits per heavy atom. The molecule has 1 amide bonds. The summed E-state index contributed by atoms with van der Waals surface area (Å²) < 4.78 is 0. The maximum Gasteiger partial charge on any atom is 2.00 e. The number of carboxylic acids is 2. The summed E-state index contributed by atoms with van der Waals surface area (Å²) in [5.41, 5.74) is 6.78. The number of benzene rings is 1. The molecule has 0 saturated heterocycles. The van der Waals surface area contributed by atoms with Crippen LogP contribution in [0.5, 0.6) is 5.88 Å². The molecule has 0 fully saturated rings. The van der Waals surface area contributed by atoms with Gasteiger partial charge in [0.15, 0.2) is 5.82 Å². The number of carbonyl (C=O) groups excluding carboxylic acids is 2. The van der Waals surface area contributed by atoms with E-state index in [0.29, 0.717) is 30.3 Å². The van der Waals surface area contributed by atoms with Crippen molar-refractivity contribution in [1.82, 2.24) is 15.3 Å². The standard InChI is InChI=1S/C20H25N7O6.Ca/c1-27-12(9-23-16-15(27)18(31)26-20(21)25-16)8-22-11-4-2-10(3-5-11)17(30)24-13(19(32)33)6-7-14(28)29;/h2-5,12-13,22H,6-9H2,1H3,(H,24,30)(H,28,29)(H,32,33)(H4,21,23,25,26,31);/q;+2/p-2/t12-,13+;/m1./s1. The van der Waals surface area contributed by atoms with Crippen LogP contribution in [0.3, 0.4) is 0 Å². The summed E-state index contributed by atoms with van der Waals surface area (Å²) in [6.07, 6.45) is -0.764. The third-order valence-corrected chi connectivity index (χ3v) is 5.20. The largest absolute Gasteiger partial charge is 2.00 e. The van der Waals surface area contributed by atoms with E-state index in [0.717, 1.165) is 0 Å². The van der Waals surface area contributed by atoms with E-state index in [9.17, 15) is 24.6 Å². The molecular formula is C20H23CaN7O6. The summed E-state index contributed by atoms with van der Waals surface area (Å²) in [5, 5.41) is 40.5. The van der Waals surface area contributed by atoms with Crippen LogP contribution < -0.4 is 36.8 Å². The van der Waals surface area contributed by atoms with Crippen LogP contribution in [0.1, 0.15) is 23.2 Å². The van der Waals surface area contributed by atoms with E-state index in [1.54, 1.807) is 24.1 Å². The molecule has 1 aromatic carbocycles. The van der Waals surface area contributed by atoms with Crippen molar-refractivity contribution in [2.75, 3.05) is 41.4 Å². The van der Waals surface area contributed by atoms with Gasteiger partial charge in [-0.2, -0.15) is 4.98 Å². The maximum atomic E-state index is 12.3. The number of likely N-dealkylation sites (N-methyl/N-ethyl adjacent to an activating group) is 1. The zero-order valence-corrected chi connectivity index (χ0v) is 20.6. The van der Waals surface area contributed by atoms with Crippen molar-refractivity contribution in [3.63, 3.8) is 0 Å². The number of rotatable bonds is 9. The molecule has 1 aliphatic rings. The number of carbonyl (C=O) groups is 3. The van der Waals surface area contributed by atoms with E-state index < -0.39 is 36.2 Å². The molecule has 0 bridgehead atoms. The molecule has 0 unspecified atom stereocenters. The molecule has 1 aliphatic heterocycles. The predicted molar refractivity (Wildman–Crippen MR) is 120 cm³/mol. The zero-order valence-electron chi connectivity index (χ0n) is 18.4. The van der Waals surface area contributed by atoms with Gasteiger partial charge in [-0.1, -0.05) is 0 Å². The summed E-state index contributed by atoms with van der Waals surface area (Å²) in [7, 11) is 1.76. The van der Waals surface area contributed by atoms with Crippen LogP contribution in [0, 0.1) is 0 Å². The van der Waals surface area contributed by atoms with Crippen LogP contribution in [0.25, 0.3) is 0 Å². The van der Waals surface area contributed by atoms with Gasteiger partial charge in [-0.05, 0) is 37.1 Å². The first-order valence-electron chi connectivity index (χ1n) is 10.0. The number of hydrogen-bond donors (Lipinski definition) is 5. The van der Waals surface area contributed by atoms with Gasteiger partial charge in [0, 0.05) is 43.2 Å². The van der Waals surface area contributed by atoms with E-state index in [4.69, 9.17) is 10.8 Å². The molecule has 13 nitrogen and oxygen atoms in total. The quantitative estimate of drug-likeness (QED) is 0.234. The van der Waals surface area contributed by atoms with Crippen LogP contribution >= 0.6 is 0 Å². The molecular weight excluding hydrogens is 474 g/mol. The Balaban J connectivity index is 0.00000408. The minimum absolute atomic E-state index is 0. The van der Waals surface area contributed by atoms with E-state index in [-0.39, 0.29) is 61.7 Å². The Hall–Kier alpha value is -3.03. The van der Waals surface area contributed by atoms with Crippen LogP contribution in [0.15, 0.2) is 24.3 Å². The number of hydrogen-bond acceptors (Lipinski definition) is 11. The third-order valence-electron chi connectivity index (χ3n) is 5.20. The third kappa shape index (κ3) is 6.74. The normalized spacial score (nSPS) is 15.2. The molecule has 176 valence electrons. The summed E-state index contributed by atoms with van der Waals surface area (Å²) in [6, 6.07) is 4.90. The van der Waals surface area contributed by atoms with Crippen LogP contribution in [-0.2, 0) is 9.59 Å². The number of nitrogens with one attached hydrogen (secondary N) is 3. The Labute approximate surface area is 224 Å². The van der Waals surface area contributed by atoms with Gasteiger partial charge in [-0.3, -0.25) is 4.79 Å². The maximum absolute atomic E-state index is 12.3. The van der Waals surface area contributed by atoms with Gasteiger partial charge >= 0.3 is 43.7 Å². The van der Waals surface area contributed by atoms with Crippen LogP contribution in [0.2, 0.25) is 0 Å². The number of aliphatic carboxylic acids is 2. The van der Waals surface area contributed by atoms with Gasteiger partial charge in [-0.15, -0.1) is 0 Å². The fourth-order valence-electron chi connectivity index (χ4n) is 3.37. The van der Waals surface area contributed by atoms with Gasteiger partial charge in [0.2, 0.25) is 5.95 Å². The second kappa shape index (κ2) is 11.9. The Bertz CT molecular complexity index is 1050. The first-order chi connectivity index (χ1) is 15.7. The van der Waals surface area contributed by atoms with Gasteiger partial charge < -0.3 is 46.7 Å². The molecule has 0 saturated carbocycles. The molecule has 2 aromatic rings. The van der Waals surface area contributed by atoms with Crippen molar-refractivity contribution in [2.45, 2.75) is 24.9 Å². The van der Waals surface area contributed by atoms with Gasteiger partial charge in [0.25, 0.3) is 5.91 Å².